The molecule has 7 N–H and O–H groups in total. The molecule has 1 unspecified atom stereocenters. The Morgan fingerprint density at radius 1 is 1.29 bits per heavy atom. The maximum atomic E-state index is 13.1. The summed E-state index contributed by atoms with van der Waals surface area (Å²) in [5.74, 6) is -5.67. The predicted octanol–water partition coefficient (Wildman–Crippen LogP) is 0.199. The Kier molecular flexibility index (Phi) is 9.31. The number of hydrogen-bond donors (Lipinski definition) is 6. The van der Waals surface area contributed by atoms with Crippen LogP contribution >= 0.6 is 58.2 Å². The molecule has 0 saturated carbocycles. The van der Waals surface area contributed by atoms with Gasteiger partial charge in [0.1, 0.15) is 22.8 Å². The van der Waals surface area contributed by atoms with E-state index in [1.807, 2.05) is 0 Å². The zero-order valence-electron chi connectivity index (χ0n) is 20.4. The summed E-state index contributed by atoms with van der Waals surface area (Å²) >= 11 is 4.73. The van der Waals surface area contributed by atoms with E-state index in [1.165, 1.54) is 23.4 Å². The van der Waals surface area contributed by atoms with Crippen molar-refractivity contribution in [2.45, 2.75) is 21.1 Å². The topological polar surface area (TPSA) is 255 Å². The number of nitrogen functional groups attached to an aromatic ring is 1. The van der Waals surface area contributed by atoms with Gasteiger partial charge in [0.05, 0.1) is 4.21 Å². The molecule has 0 aliphatic carbocycles. The molecule has 3 atom stereocenters. The Bertz CT molecular complexity index is 1550. The maximum absolute atomic E-state index is 13.1. The van der Waals surface area contributed by atoms with Crippen molar-refractivity contribution >= 4 is 98.7 Å². The van der Waals surface area contributed by atoms with Gasteiger partial charge < -0.3 is 31.2 Å². The Balaban J connectivity index is 1.52. The van der Waals surface area contributed by atoms with Crippen molar-refractivity contribution in [3.8, 4) is 0 Å². The summed E-state index contributed by atoms with van der Waals surface area (Å²) in [5, 5.41) is 35.2. The molecule has 0 spiro atoms. The first kappa shape index (κ1) is 30.4. The lowest BCUT2D eigenvalue weighted by molar-refractivity contribution is -0.150. The molecule has 21 heteroatoms. The SMILES string of the molecule is CSC(O/N=C(/C(=O)N[C@@H]1C(=O)N2C(C(=O)O)=C(CSc3s[nH]c(=O)c3C(=O)O)CS[C@H]12)c1csc(N)n1)C(=O)O. The molecule has 1 saturated heterocycles. The minimum atomic E-state index is -1.43. The number of carbonyl (C=O) groups is 5. The molecule has 218 valence electrons. The molecule has 4 heterocycles. The second kappa shape index (κ2) is 12.5. The summed E-state index contributed by atoms with van der Waals surface area (Å²) < 4.78 is 2.49. The first-order chi connectivity index (χ1) is 19.4. The fourth-order valence-corrected chi connectivity index (χ4v) is 7.95. The summed E-state index contributed by atoms with van der Waals surface area (Å²) in [6.45, 7) is 0. The van der Waals surface area contributed by atoms with E-state index >= 15 is 0 Å². The van der Waals surface area contributed by atoms with E-state index in [0.717, 1.165) is 51.3 Å². The molecule has 41 heavy (non-hydrogen) atoms. The van der Waals surface area contributed by atoms with Crippen LogP contribution in [0.4, 0.5) is 5.13 Å². The minimum absolute atomic E-state index is 0.00416. The van der Waals surface area contributed by atoms with Crippen LogP contribution in [0.25, 0.3) is 0 Å². The number of anilines is 1. The van der Waals surface area contributed by atoms with Crippen molar-refractivity contribution in [2.24, 2.45) is 5.16 Å². The number of amides is 2. The van der Waals surface area contributed by atoms with Crippen molar-refractivity contribution in [3.63, 3.8) is 0 Å². The van der Waals surface area contributed by atoms with E-state index in [4.69, 9.17) is 10.6 Å². The third-order valence-corrected chi connectivity index (χ3v) is 10.4. The minimum Gasteiger partial charge on any atom is -0.478 e. The van der Waals surface area contributed by atoms with E-state index in [1.54, 1.807) is 0 Å². The Morgan fingerprint density at radius 2 is 2.02 bits per heavy atom. The van der Waals surface area contributed by atoms with E-state index < -0.39 is 63.4 Å². The van der Waals surface area contributed by atoms with Crippen LogP contribution in [0.15, 0.2) is 30.8 Å². The number of aromatic nitrogens is 2. The van der Waals surface area contributed by atoms with E-state index in [-0.39, 0.29) is 32.2 Å². The van der Waals surface area contributed by atoms with Gasteiger partial charge in [-0.1, -0.05) is 16.7 Å². The lowest BCUT2D eigenvalue weighted by atomic mass is 10.0. The van der Waals surface area contributed by atoms with Crippen molar-refractivity contribution in [1.82, 2.24) is 19.6 Å². The number of thiazole rings is 1. The molecule has 2 aromatic rings. The fourth-order valence-electron chi connectivity index (χ4n) is 3.62. The first-order valence-electron chi connectivity index (χ1n) is 10.9. The van der Waals surface area contributed by atoms with Gasteiger partial charge in [0.15, 0.2) is 16.4 Å². The van der Waals surface area contributed by atoms with E-state index in [2.05, 4.69) is 19.8 Å². The highest BCUT2D eigenvalue weighted by Gasteiger charge is 2.54. The lowest BCUT2D eigenvalue weighted by Crippen LogP contribution is -2.71. The molecule has 16 nitrogen and oxygen atoms in total. The number of rotatable bonds is 12. The van der Waals surface area contributed by atoms with Gasteiger partial charge in [-0.2, -0.15) is 0 Å². The van der Waals surface area contributed by atoms with Crippen LogP contribution in [0.2, 0.25) is 0 Å². The molecular weight excluding hydrogens is 645 g/mol. The van der Waals surface area contributed by atoms with Gasteiger partial charge in [0.2, 0.25) is 0 Å². The molecule has 1 fully saturated rings. The van der Waals surface area contributed by atoms with Gasteiger partial charge in [-0.3, -0.25) is 23.7 Å². The van der Waals surface area contributed by atoms with Crippen LogP contribution < -0.4 is 16.6 Å². The fraction of sp³-hybridized carbons (Fsp3) is 0.300. The number of carboxylic acids is 3. The number of carbonyl (C=O) groups excluding carboxylic acids is 2. The molecule has 2 amide bonds. The molecule has 4 rings (SSSR count). The number of aromatic carboxylic acids is 1. The number of nitrogens with two attached hydrogens (primary N) is 1. The zero-order chi connectivity index (χ0) is 30.0. The maximum Gasteiger partial charge on any atom is 0.358 e. The highest BCUT2D eigenvalue weighted by Crippen LogP contribution is 2.42. The molecule has 2 aliphatic heterocycles. The van der Waals surface area contributed by atoms with Crippen molar-refractivity contribution in [3.05, 3.63) is 38.3 Å². The Labute approximate surface area is 249 Å². The molecule has 2 aromatic heterocycles. The van der Waals surface area contributed by atoms with Crippen LogP contribution in [0.5, 0.6) is 0 Å². The standard InChI is InChI=1S/C20H18N6O10S5/c1-37-18(17(34)35)36-24-8(6-4-40-20(21)22-6)12(28)23-9-13(29)26-10(16(32)33)5(2-38-14(9)26)3-39-19-7(15(30)31)11(27)25-41-19/h4,9,14,18H,2-3H2,1H3,(H2,21,22)(H,23,28)(H,25,27)(H,30,31)(H,32,33)(H,34,35)/b24-8+/t9-,14-,18?/m1/s1. The average molecular weight is 663 g/mol. The Hall–Kier alpha value is -3.53. The summed E-state index contributed by atoms with van der Waals surface area (Å²) in [5.41, 5.74) is 2.57. The monoisotopic (exact) mass is 662 g/mol. The number of hydrogen-bond acceptors (Lipinski definition) is 15. The number of aromatic amines is 1. The number of aliphatic carboxylic acids is 2. The molecule has 0 bridgehead atoms. The number of nitrogens with zero attached hydrogens (tertiary/aromatic N) is 3. The second-order valence-electron chi connectivity index (χ2n) is 7.93. The summed E-state index contributed by atoms with van der Waals surface area (Å²) in [4.78, 5) is 82.7. The highest BCUT2D eigenvalue weighted by atomic mass is 32.2. The third-order valence-electron chi connectivity index (χ3n) is 5.43. The van der Waals surface area contributed by atoms with Gasteiger partial charge >= 0.3 is 17.9 Å². The van der Waals surface area contributed by atoms with Gasteiger partial charge in [-0.05, 0) is 11.8 Å². The largest absolute Gasteiger partial charge is 0.478 e. The van der Waals surface area contributed by atoms with Crippen LogP contribution in [0, 0.1) is 0 Å². The molecule has 0 radical (unpaired) electrons. The highest BCUT2D eigenvalue weighted by molar-refractivity contribution is 8.02. The zero-order valence-corrected chi connectivity index (χ0v) is 24.5. The van der Waals surface area contributed by atoms with Crippen LogP contribution in [0.3, 0.4) is 0 Å². The summed E-state index contributed by atoms with van der Waals surface area (Å²) in [6.07, 6.45) is 1.46. The number of H-pyrrole nitrogens is 1. The average Bonchev–Trinajstić information content (AvgIpc) is 3.52. The number of thioether (sulfide) groups is 3. The number of β-lactam (4-membered cyclic amide) rings is 1. The van der Waals surface area contributed by atoms with Crippen LogP contribution in [-0.4, -0.2) is 99.6 Å². The summed E-state index contributed by atoms with van der Waals surface area (Å²) in [7, 11) is 0. The van der Waals surface area contributed by atoms with Crippen molar-refractivity contribution in [2.75, 3.05) is 23.5 Å². The van der Waals surface area contributed by atoms with Crippen LogP contribution in [0.1, 0.15) is 16.1 Å². The third kappa shape index (κ3) is 6.22. The lowest BCUT2D eigenvalue weighted by Gasteiger charge is -2.49. The van der Waals surface area contributed by atoms with Gasteiger partial charge in [0.25, 0.3) is 22.8 Å². The smallest absolute Gasteiger partial charge is 0.358 e. The summed E-state index contributed by atoms with van der Waals surface area (Å²) in [6, 6.07) is -1.15. The van der Waals surface area contributed by atoms with Crippen molar-refractivity contribution < 1.29 is 44.1 Å². The number of fused-ring (bicyclic) bond motifs is 1. The number of oxime groups is 1. The van der Waals surface area contributed by atoms with Crippen molar-refractivity contribution in [1.29, 1.82) is 0 Å². The molecule has 0 aromatic carbocycles. The molecular formula is C20H18N6O10S5. The normalized spacial score (nSPS) is 19.3. The van der Waals surface area contributed by atoms with E-state index in [9.17, 15) is 44.1 Å². The van der Waals surface area contributed by atoms with Gasteiger partial charge in [-0.15, -0.1) is 46.6 Å². The molecule has 2 aliphatic rings. The quantitative estimate of drug-likeness (QED) is 0.0583. The predicted molar refractivity (Wildman–Crippen MR) is 151 cm³/mol. The van der Waals surface area contributed by atoms with Crippen LogP contribution in [-0.2, 0) is 24.0 Å². The van der Waals surface area contributed by atoms with E-state index in [0.29, 0.717) is 5.57 Å². The first-order valence-corrected chi connectivity index (χ1v) is 16.0. The van der Waals surface area contributed by atoms with Gasteiger partial charge in [-0.25, -0.2) is 19.4 Å². The second-order valence-corrected chi connectivity index (χ2v) is 12.9. The number of nitrogens with one attached hydrogen (secondary N) is 2. The number of carboxylic acid groups (broad SMARTS) is 3. The van der Waals surface area contributed by atoms with Gasteiger partial charge in [0, 0.05) is 16.9 Å². The Morgan fingerprint density at radius 3 is 2.61 bits per heavy atom.